The third kappa shape index (κ3) is 3.01. The number of halogens is 1. The van der Waals surface area contributed by atoms with E-state index in [4.69, 9.17) is 16.0 Å². The van der Waals surface area contributed by atoms with Crippen molar-refractivity contribution in [3.05, 3.63) is 23.4 Å². The van der Waals surface area contributed by atoms with Gasteiger partial charge in [-0.3, -0.25) is 9.89 Å². The number of carbonyl (C=O) groups excluding carboxylic acids is 1. The Hall–Kier alpha value is -2.61. The number of hydrogen-bond acceptors (Lipinski definition) is 6. The van der Waals surface area contributed by atoms with Gasteiger partial charge < -0.3 is 14.6 Å². The maximum atomic E-state index is 12.7. The molecule has 1 atom stereocenters. The Morgan fingerprint density at radius 2 is 2.07 bits per heavy atom. The number of hydrogen-bond donors (Lipinski definition) is 2. The van der Waals surface area contributed by atoms with Crippen molar-refractivity contribution in [2.45, 2.75) is 38.6 Å². The van der Waals surface area contributed by atoms with Crippen LogP contribution in [0.1, 0.15) is 32.6 Å². The molecular weight excluding hydrogens is 380 g/mol. The van der Waals surface area contributed by atoms with Crippen LogP contribution in [0.3, 0.4) is 0 Å². The molecule has 3 heterocycles. The zero-order valence-corrected chi connectivity index (χ0v) is 16.3. The molecule has 28 heavy (non-hydrogen) atoms. The molecule has 8 nitrogen and oxygen atoms in total. The first-order valence-corrected chi connectivity index (χ1v) is 9.93. The molecule has 146 valence electrons. The molecule has 1 aliphatic heterocycles. The van der Waals surface area contributed by atoms with Crippen LogP contribution in [-0.4, -0.2) is 50.3 Å². The molecule has 2 aliphatic rings. The van der Waals surface area contributed by atoms with Crippen molar-refractivity contribution in [3.8, 4) is 11.5 Å². The summed E-state index contributed by atoms with van der Waals surface area (Å²) in [7, 11) is 0. The summed E-state index contributed by atoms with van der Waals surface area (Å²) in [5.41, 5.74) is 1.99. The van der Waals surface area contributed by atoms with E-state index < -0.39 is 6.04 Å². The van der Waals surface area contributed by atoms with Crippen LogP contribution >= 0.6 is 11.6 Å². The number of nitrogens with zero attached hydrogens (tertiary/aromatic N) is 4. The molecule has 1 saturated heterocycles. The summed E-state index contributed by atoms with van der Waals surface area (Å²) in [5.74, 6) is 0.402. The fraction of sp³-hybridized carbons (Fsp3) is 0.474. The van der Waals surface area contributed by atoms with Gasteiger partial charge >= 0.3 is 6.01 Å². The van der Waals surface area contributed by atoms with Gasteiger partial charge in [-0.05, 0) is 50.2 Å². The molecule has 5 rings (SSSR count). The van der Waals surface area contributed by atoms with E-state index in [0.717, 1.165) is 36.8 Å². The SMILES string of the molecule is C[C@H](Nc1nnc(-c2ccc(Cl)c3cn[nH]c23)o1)C(=O)N1CCC2(CC1)CC2. The highest BCUT2D eigenvalue weighted by Gasteiger charge is 2.45. The van der Waals surface area contributed by atoms with Gasteiger partial charge in [0, 0.05) is 18.5 Å². The van der Waals surface area contributed by atoms with Crippen molar-refractivity contribution in [1.29, 1.82) is 0 Å². The van der Waals surface area contributed by atoms with E-state index in [1.54, 1.807) is 18.3 Å². The zero-order valence-electron chi connectivity index (χ0n) is 15.5. The molecule has 0 bridgehead atoms. The summed E-state index contributed by atoms with van der Waals surface area (Å²) in [4.78, 5) is 14.7. The summed E-state index contributed by atoms with van der Waals surface area (Å²) in [6.07, 6.45) is 6.53. The Morgan fingerprint density at radius 1 is 1.29 bits per heavy atom. The normalized spacial score (nSPS) is 19.1. The number of aromatic amines is 1. The minimum absolute atomic E-state index is 0.0673. The molecule has 1 amide bonds. The molecule has 0 radical (unpaired) electrons. The maximum Gasteiger partial charge on any atom is 0.316 e. The molecule has 1 aromatic carbocycles. The summed E-state index contributed by atoms with van der Waals surface area (Å²) in [6, 6.07) is 3.35. The van der Waals surface area contributed by atoms with Gasteiger partial charge in [0.15, 0.2) is 0 Å². The lowest BCUT2D eigenvalue weighted by atomic mass is 9.93. The Morgan fingerprint density at radius 3 is 2.82 bits per heavy atom. The molecular formula is C19H21ClN6O2. The quantitative estimate of drug-likeness (QED) is 0.695. The van der Waals surface area contributed by atoms with Crippen molar-refractivity contribution in [3.63, 3.8) is 0 Å². The van der Waals surface area contributed by atoms with Gasteiger partial charge in [-0.15, -0.1) is 5.10 Å². The number of aromatic nitrogens is 4. The fourth-order valence-electron chi connectivity index (χ4n) is 3.97. The maximum absolute atomic E-state index is 12.7. The summed E-state index contributed by atoms with van der Waals surface area (Å²) in [6.45, 7) is 3.49. The lowest BCUT2D eigenvalue weighted by molar-refractivity contribution is -0.133. The minimum Gasteiger partial charge on any atom is -0.403 e. The number of likely N-dealkylation sites (tertiary alicyclic amines) is 1. The number of benzene rings is 1. The highest BCUT2D eigenvalue weighted by molar-refractivity contribution is 6.35. The monoisotopic (exact) mass is 400 g/mol. The number of carbonyl (C=O) groups is 1. The third-order valence-electron chi connectivity index (χ3n) is 6.02. The zero-order chi connectivity index (χ0) is 19.3. The largest absolute Gasteiger partial charge is 0.403 e. The van der Waals surface area contributed by atoms with Gasteiger partial charge in [0.1, 0.15) is 6.04 Å². The number of piperidine rings is 1. The van der Waals surface area contributed by atoms with E-state index in [1.807, 2.05) is 11.8 Å². The van der Waals surface area contributed by atoms with E-state index in [9.17, 15) is 4.79 Å². The first-order valence-electron chi connectivity index (χ1n) is 9.55. The predicted molar refractivity (Wildman–Crippen MR) is 105 cm³/mol. The van der Waals surface area contributed by atoms with Gasteiger partial charge in [-0.2, -0.15) is 5.10 Å². The lowest BCUT2D eigenvalue weighted by Gasteiger charge is -2.33. The van der Waals surface area contributed by atoms with Crippen LogP contribution in [0.15, 0.2) is 22.7 Å². The number of fused-ring (bicyclic) bond motifs is 1. The van der Waals surface area contributed by atoms with Gasteiger partial charge in [0.05, 0.1) is 22.3 Å². The van der Waals surface area contributed by atoms with Crippen LogP contribution in [0.25, 0.3) is 22.4 Å². The Labute approximate surface area is 166 Å². The highest BCUT2D eigenvalue weighted by Crippen LogP contribution is 2.53. The average Bonchev–Trinajstić information content (AvgIpc) is 3.11. The van der Waals surface area contributed by atoms with Gasteiger partial charge in [-0.1, -0.05) is 16.7 Å². The van der Waals surface area contributed by atoms with Crippen LogP contribution < -0.4 is 5.32 Å². The Balaban J connectivity index is 1.29. The molecule has 3 aromatic rings. The van der Waals surface area contributed by atoms with E-state index >= 15 is 0 Å². The lowest BCUT2D eigenvalue weighted by Crippen LogP contribution is -2.45. The molecule has 1 saturated carbocycles. The minimum atomic E-state index is -0.432. The fourth-order valence-corrected chi connectivity index (χ4v) is 4.18. The molecule has 1 aliphatic carbocycles. The first-order chi connectivity index (χ1) is 13.5. The van der Waals surface area contributed by atoms with Crippen LogP contribution in [0, 0.1) is 5.41 Å². The third-order valence-corrected chi connectivity index (χ3v) is 6.35. The van der Waals surface area contributed by atoms with Gasteiger partial charge in [0.25, 0.3) is 5.89 Å². The van der Waals surface area contributed by atoms with Crippen LogP contribution in [0.5, 0.6) is 0 Å². The van der Waals surface area contributed by atoms with Crippen molar-refractivity contribution < 1.29 is 9.21 Å². The van der Waals surface area contributed by atoms with Crippen molar-refractivity contribution >= 4 is 34.4 Å². The van der Waals surface area contributed by atoms with E-state index in [2.05, 4.69) is 25.7 Å². The molecule has 0 unspecified atom stereocenters. The molecule has 2 N–H and O–H groups in total. The summed E-state index contributed by atoms with van der Waals surface area (Å²) in [5, 5.41) is 19.5. The molecule has 1 spiro atoms. The van der Waals surface area contributed by atoms with Crippen molar-refractivity contribution in [2.24, 2.45) is 5.41 Å². The van der Waals surface area contributed by atoms with Crippen molar-refractivity contribution in [2.75, 3.05) is 18.4 Å². The number of rotatable bonds is 4. The number of H-pyrrole nitrogens is 1. The Bertz CT molecular complexity index is 1030. The number of amides is 1. The summed E-state index contributed by atoms with van der Waals surface area (Å²) >= 11 is 6.18. The second kappa shape index (κ2) is 6.48. The van der Waals surface area contributed by atoms with E-state index in [-0.39, 0.29) is 11.9 Å². The number of anilines is 1. The Kier molecular flexibility index (Phi) is 4.04. The van der Waals surface area contributed by atoms with E-state index in [0.29, 0.717) is 21.9 Å². The standard InChI is InChI=1S/C19H21ClN6O2/c1-11(17(27)26-8-6-19(4-5-19)7-9-26)22-18-25-24-16(28-18)12-2-3-14(20)13-10-21-23-15(12)13/h2-3,10-11H,4-9H2,1H3,(H,21,23)(H,22,25)/t11-/m0/s1. The first kappa shape index (κ1) is 17.5. The highest BCUT2D eigenvalue weighted by atomic mass is 35.5. The topological polar surface area (TPSA) is 99.9 Å². The van der Waals surface area contributed by atoms with Crippen molar-refractivity contribution in [1.82, 2.24) is 25.3 Å². The molecule has 2 aromatic heterocycles. The second-order valence-corrected chi connectivity index (χ2v) is 8.26. The molecule has 2 fully saturated rings. The molecule has 9 heteroatoms. The van der Waals surface area contributed by atoms with Gasteiger partial charge in [0.2, 0.25) is 5.91 Å². The second-order valence-electron chi connectivity index (χ2n) is 7.86. The predicted octanol–water partition coefficient (Wildman–Crippen LogP) is 3.47. The smallest absolute Gasteiger partial charge is 0.316 e. The van der Waals surface area contributed by atoms with Crippen LogP contribution in [0.2, 0.25) is 5.02 Å². The van der Waals surface area contributed by atoms with E-state index in [1.165, 1.54) is 12.8 Å². The number of nitrogens with one attached hydrogen (secondary N) is 2. The summed E-state index contributed by atoms with van der Waals surface area (Å²) < 4.78 is 5.74. The van der Waals surface area contributed by atoms with Crippen LogP contribution in [0.4, 0.5) is 6.01 Å². The van der Waals surface area contributed by atoms with Crippen LogP contribution in [-0.2, 0) is 4.79 Å². The average molecular weight is 401 g/mol. The van der Waals surface area contributed by atoms with Gasteiger partial charge in [-0.25, -0.2) is 0 Å².